The van der Waals surface area contributed by atoms with Gasteiger partial charge in [0.25, 0.3) is 15.9 Å². The average Bonchev–Trinajstić information content (AvgIpc) is 2.74. The van der Waals surface area contributed by atoms with Gasteiger partial charge < -0.3 is 0 Å². The van der Waals surface area contributed by atoms with Crippen molar-refractivity contribution in [3.05, 3.63) is 95.6 Å². The smallest absolute Gasteiger partial charge is 0.264 e. The molecule has 0 aliphatic rings. The second-order valence-electron chi connectivity index (χ2n) is 6.59. The van der Waals surface area contributed by atoms with Gasteiger partial charge in [0.15, 0.2) is 0 Å². The maximum Gasteiger partial charge on any atom is 0.264 e. The highest BCUT2D eigenvalue weighted by molar-refractivity contribution is 7.92. The summed E-state index contributed by atoms with van der Waals surface area (Å²) in [6, 6.07) is 17.0. The number of nitrogens with zero attached hydrogens (tertiary/aromatic N) is 2. The molecule has 0 aromatic heterocycles. The number of anilines is 1. The van der Waals surface area contributed by atoms with Crippen LogP contribution in [0.2, 0.25) is 0 Å². The van der Waals surface area contributed by atoms with Crippen LogP contribution in [0.3, 0.4) is 0 Å². The van der Waals surface area contributed by atoms with E-state index in [1.54, 1.807) is 25.1 Å². The summed E-state index contributed by atoms with van der Waals surface area (Å²) >= 11 is 0. The number of benzene rings is 3. The second-order valence-corrected chi connectivity index (χ2v) is 8.45. The van der Waals surface area contributed by atoms with Crippen LogP contribution in [0.15, 0.2) is 82.8 Å². The van der Waals surface area contributed by atoms with Gasteiger partial charge in [0.1, 0.15) is 18.2 Å². The molecule has 160 valence electrons. The van der Waals surface area contributed by atoms with E-state index >= 15 is 0 Å². The number of aryl methyl sites for hydroxylation is 1. The van der Waals surface area contributed by atoms with E-state index in [-0.39, 0.29) is 16.1 Å². The fourth-order valence-corrected chi connectivity index (χ4v) is 4.14. The molecular formula is C22H19F2N3O3S. The third kappa shape index (κ3) is 5.32. The monoisotopic (exact) mass is 443 g/mol. The van der Waals surface area contributed by atoms with Gasteiger partial charge in [0.05, 0.1) is 16.8 Å². The Morgan fingerprint density at radius 3 is 2.23 bits per heavy atom. The molecule has 9 heteroatoms. The largest absolute Gasteiger partial charge is 0.271 e. The van der Waals surface area contributed by atoms with Crippen molar-refractivity contribution < 1.29 is 22.0 Å². The Morgan fingerprint density at radius 2 is 1.58 bits per heavy atom. The Hall–Kier alpha value is -3.59. The minimum absolute atomic E-state index is 0.0935. The molecule has 1 amide bonds. The number of carbonyl (C=O) groups excluding carboxylic acids is 1. The SMILES string of the molecule is Cc1ccc(S(=O)(=O)N(CC(=O)NN=Cc2ccccc2F)c2ccccc2F)cc1. The summed E-state index contributed by atoms with van der Waals surface area (Å²) < 4.78 is 55.0. The molecule has 0 heterocycles. The van der Waals surface area contributed by atoms with Gasteiger partial charge in [-0.05, 0) is 37.3 Å². The third-order valence-corrected chi connectivity index (χ3v) is 6.09. The van der Waals surface area contributed by atoms with Crippen LogP contribution in [0.5, 0.6) is 0 Å². The molecule has 0 fully saturated rings. The number of nitrogens with one attached hydrogen (secondary N) is 1. The molecule has 0 saturated heterocycles. The number of amides is 1. The number of halogens is 2. The lowest BCUT2D eigenvalue weighted by Crippen LogP contribution is -2.40. The number of rotatable bonds is 7. The van der Waals surface area contributed by atoms with Crippen molar-refractivity contribution in [2.45, 2.75) is 11.8 Å². The van der Waals surface area contributed by atoms with Crippen molar-refractivity contribution >= 4 is 27.8 Å². The number of hydrogen-bond acceptors (Lipinski definition) is 4. The minimum atomic E-state index is -4.25. The Balaban J connectivity index is 1.87. The highest BCUT2D eigenvalue weighted by atomic mass is 32.2. The number of hydrazone groups is 1. The summed E-state index contributed by atoms with van der Waals surface area (Å²) in [5.41, 5.74) is 2.85. The van der Waals surface area contributed by atoms with Crippen molar-refractivity contribution in [2.75, 3.05) is 10.8 Å². The summed E-state index contributed by atoms with van der Waals surface area (Å²) in [5.74, 6) is -2.16. The molecule has 0 bridgehead atoms. The lowest BCUT2D eigenvalue weighted by atomic mass is 10.2. The zero-order valence-electron chi connectivity index (χ0n) is 16.5. The number of hydrogen-bond donors (Lipinski definition) is 1. The molecule has 0 saturated carbocycles. The van der Waals surface area contributed by atoms with Crippen molar-refractivity contribution in [3.63, 3.8) is 0 Å². The molecule has 0 unspecified atom stereocenters. The van der Waals surface area contributed by atoms with Crippen molar-refractivity contribution in [3.8, 4) is 0 Å². The fraction of sp³-hybridized carbons (Fsp3) is 0.0909. The van der Waals surface area contributed by atoms with Crippen molar-refractivity contribution in [2.24, 2.45) is 5.10 Å². The fourth-order valence-electron chi connectivity index (χ4n) is 2.71. The molecule has 0 atom stereocenters. The molecule has 3 rings (SSSR count). The molecular weight excluding hydrogens is 424 g/mol. The maximum absolute atomic E-state index is 14.4. The van der Waals surface area contributed by atoms with E-state index in [2.05, 4.69) is 10.5 Å². The predicted molar refractivity (Wildman–Crippen MR) is 114 cm³/mol. The van der Waals surface area contributed by atoms with Gasteiger partial charge >= 0.3 is 0 Å². The first-order chi connectivity index (χ1) is 14.8. The van der Waals surface area contributed by atoms with Gasteiger partial charge in [-0.15, -0.1) is 0 Å². The second kappa shape index (κ2) is 9.48. The highest BCUT2D eigenvalue weighted by Gasteiger charge is 2.29. The minimum Gasteiger partial charge on any atom is -0.271 e. The molecule has 31 heavy (non-hydrogen) atoms. The van der Waals surface area contributed by atoms with E-state index in [1.165, 1.54) is 48.5 Å². The number of sulfonamides is 1. The Bertz CT molecular complexity index is 1210. The van der Waals surface area contributed by atoms with E-state index in [4.69, 9.17) is 0 Å². The first-order valence-electron chi connectivity index (χ1n) is 9.19. The zero-order chi connectivity index (χ0) is 22.4. The average molecular weight is 443 g/mol. The van der Waals surface area contributed by atoms with E-state index in [9.17, 15) is 22.0 Å². The molecule has 0 radical (unpaired) electrons. The predicted octanol–water partition coefficient (Wildman–Crippen LogP) is 3.62. The van der Waals surface area contributed by atoms with E-state index in [0.29, 0.717) is 4.31 Å². The van der Waals surface area contributed by atoms with Crippen LogP contribution in [0.1, 0.15) is 11.1 Å². The Morgan fingerprint density at radius 1 is 0.968 bits per heavy atom. The first kappa shape index (κ1) is 22.1. The maximum atomic E-state index is 14.4. The van der Waals surface area contributed by atoms with E-state index in [0.717, 1.165) is 17.8 Å². The van der Waals surface area contributed by atoms with E-state index in [1.807, 2.05) is 0 Å². The standard InChI is InChI=1S/C22H19F2N3O3S/c1-16-10-12-18(13-11-16)31(29,30)27(21-9-5-4-8-20(21)24)15-22(28)26-25-14-17-6-2-3-7-19(17)23/h2-14H,15H2,1H3,(H,26,28). The summed E-state index contributed by atoms with van der Waals surface area (Å²) in [5, 5.41) is 3.66. The summed E-state index contributed by atoms with van der Waals surface area (Å²) in [6.07, 6.45) is 1.09. The highest BCUT2D eigenvalue weighted by Crippen LogP contribution is 2.26. The van der Waals surface area contributed by atoms with Gasteiger partial charge in [0, 0.05) is 5.56 Å². The van der Waals surface area contributed by atoms with Crippen LogP contribution in [-0.4, -0.2) is 27.1 Å². The topological polar surface area (TPSA) is 78.8 Å². The van der Waals surface area contributed by atoms with Crippen LogP contribution in [0, 0.1) is 18.6 Å². The lowest BCUT2D eigenvalue weighted by Gasteiger charge is -2.24. The zero-order valence-corrected chi connectivity index (χ0v) is 17.3. The van der Waals surface area contributed by atoms with Gasteiger partial charge in [-0.3, -0.25) is 9.10 Å². The third-order valence-electron chi connectivity index (χ3n) is 4.32. The molecule has 0 spiro atoms. The van der Waals surface area contributed by atoms with Crippen LogP contribution >= 0.6 is 0 Å². The van der Waals surface area contributed by atoms with Crippen LogP contribution in [0.4, 0.5) is 14.5 Å². The summed E-state index contributed by atoms with van der Waals surface area (Å²) in [6.45, 7) is 1.07. The van der Waals surface area contributed by atoms with Gasteiger partial charge in [0.2, 0.25) is 0 Å². The molecule has 3 aromatic rings. The number of carbonyl (C=O) groups is 1. The summed E-state index contributed by atoms with van der Waals surface area (Å²) in [4.78, 5) is 12.3. The normalized spacial score (nSPS) is 11.5. The van der Waals surface area contributed by atoms with Gasteiger partial charge in [-0.2, -0.15) is 5.10 Å². The molecule has 1 N–H and O–H groups in total. The first-order valence-corrected chi connectivity index (χ1v) is 10.6. The molecule has 0 aliphatic heterocycles. The van der Waals surface area contributed by atoms with Crippen LogP contribution < -0.4 is 9.73 Å². The quantitative estimate of drug-likeness (QED) is 0.448. The Labute approximate surface area is 178 Å². The van der Waals surface area contributed by atoms with Crippen LogP contribution in [0.25, 0.3) is 0 Å². The molecule has 0 aliphatic carbocycles. The number of para-hydroxylation sites is 1. The van der Waals surface area contributed by atoms with Crippen molar-refractivity contribution in [1.82, 2.24) is 5.43 Å². The van der Waals surface area contributed by atoms with Crippen LogP contribution in [-0.2, 0) is 14.8 Å². The van der Waals surface area contributed by atoms with Gasteiger partial charge in [-0.1, -0.05) is 48.0 Å². The summed E-state index contributed by atoms with van der Waals surface area (Å²) in [7, 11) is -4.25. The lowest BCUT2D eigenvalue weighted by molar-refractivity contribution is -0.119. The van der Waals surface area contributed by atoms with E-state index < -0.39 is 34.1 Å². The van der Waals surface area contributed by atoms with Crippen molar-refractivity contribution in [1.29, 1.82) is 0 Å². The molecule has 6 nitrogen and oxygen atoms in total. The van der Waals surface area contributed by atoms with Gasteiger partial charge in [-0.25, -0.2) is 22.6 Å². The Kier molecular flexibility index (Phi) is 6.76. The molecule has 3 aromatic carbocycles.